The molecule has 8 nitrogen and oxygen atoms in total. The van der Waals surface area contributed by atoms with Crippen LogP contribution in [0.1, 0.15) is 73.3 Å². The largest absolute Gasteiger partial charge is 0.332 e. The second kappa shape index (κ2) is 10.3. The van der Waals surface area contributed by atoms with E-state index in [1.807, 2.05) is 17.0 Å². The van der Waals surface area contributed by atoms with E-state index in [9.17, 15) is 13.2 Å². The van der Waals surface area contributed by atoms with E-state index in [0.717, 1.165) is 56.9 Å². The number of nitrogens with one attached hydrogen (secondary N) is 2. The molecule has 35 heavy (non-hydrogen) atoms. The lowest BCUT2D eigenvalue weighted by molar-refractivity contribution is 0.0611. The molecule has 5 rings (SSSR count). The second-order valence-electron chi connectivity index (χ2n) is 9.47. The van der Waals surface area contributed by atoms with Gasteiger partial charge in [-0.1, -0.05) is 25.3 Å². The number of hydrogen-bond donors (Lipinski definition) is 2. The van der Waals surface area contributed by atoms with Gasteiger partial charge in [0.1, 0.15) is 0 Å². The summed E-state index contributed by atoms with van der Waals surface area (Å²) in [4.78, 5) is 20.0. The Morgan fingerprint density at radius 2 is 1.83 bits per heavy atom. The summed E-state index contributed by atoms with van der Waals surface area (Å²) in [6.07, 6.45) is 12.8. The third-order valence-corrected chi connectivity index (χ3v) is 8.54. The molecule has 0 spiro atoms. The maximum Gasteiger partial charge on any atom is 0.254 e. The first-order valence-electron chi connectivity index (χ1n) is 12.4. The molecule has 1 unspecified atom stereocenters. The number of sulfonamides is 1. The van der Waals surface area contributed by atoms with Crippen molar-refractivity contribution in [2.24, 2.45) is 0 Å². The molecule has 2 aromatic heterocycles. The Labute approximate surface area is 206 Å². The van der Waals surface area contributed by atoms with Gasteiger partial charge in [-0.2, -0.15) is 5.10 Å². The molecule has 2 N–H and O–H groups in total. The third-order valence-electron chi connectivity index (χ3n) is 7.04. The molecule has 1 saturated heterocycles. The topological polar surface area (TPSA) is 108 Å². The first kappa shape index (κ1) is 23.7. The van der Waals surface area contributed by atoms with E-state index in [4.69, 9.17) is 0 Å². The van der Waals surface area contributed by atoms with Crippen LogP contribution in [0.3, 0.4) is 0 Å². The van der Waals surface area contributed by atoms with Gasteiger partial charge in [0.05, 0.1) is 16.6 Å². The molecule has 1 saturated carbocycles. The van der Waals surface area contributed by atoms with Crippen LogP contribution in [0.2, 0.25) is 0 Å². The molecule has 1 atom stereocenters. The highest BCUT2D eigenvalue weighted by molar-refractivity contribution is 7.89. The van der Waals surface area contributed by atoms with Crippen LogP contribution in [0.4, 0.5) is 0 Å². The number of likely N-dealkylation sites (tertiary alicyclic amines) is 1. The fraction of sp³-hybridized carbons (Fsp3) is 0.423. The van der Waals surface area contributed by atoms with Crippen LogP contribution < -0.4 is 4.72 Å². The van der Waals surface area contributed by atoms with Crippen molar-refractivity contribution in [2.45, 2.75) is 68.3 Å². The molecule has 1 aliphatic heterocycles. The average Bonchev–Trinajstić information content (AvgIpc) is 3.44. The predicted molar refractivity (Wildman–Crippen MR) is 133 cm³/mol. The highest BCUT2D eigenvalue weighted by Gasteiger charge is 2.30. The first-order valence-corrected chi connectivity index (χ1v) is 13.9. The summed E-state index contributed by atoms with van der Waals surface area (Å²) in [5, 5.41) is 6.90. The molecule has 0 radical (unpaired) electrons. The Morgan fingerprint density at radius 1 is 1.00 bits per heavy atom. The highest BCUT2D eigenvalue weighted by Crippen LogP contribution is 2.33. The van der Waals surface area contributed by atoms with E-state index in [1.54, 1.807) is 36.8 Å². The normalized spacial score (nSPS) is 19.5. The molecule has 1 aliphatic carbocycles. The molecule has 3 aromatic rings. The highest BCUT2D eigenvalue weighted by atomic mass is 32.2. The Kier molecular flexibility index (Phi) is 6.97. The predicted octanol–water partition coefficient (Wildman–Crippen LogP) is 4.45. The lowest BCUT2D eigenvalue weighted by atomic mass is 9.95. The van der Waals surface area contributed by atoms with Crippen LogP contribution in [0, 0.1) is 0 Å². The Balaban J connectivity index is 1.51. The zero-order valence-electron chi connectivity index (χ0n) is 19.7. The maximum atomic E-state index is 13.8. The monoisotopic (exact) mass is 493 g/mol. The van der Waals surface area contributed by atoms with E-state index in [-0.39, 0.29) is 22.9 Å². The van der Waals surface area contributed by atoms with Gasteiger partial charge in [0.2, 0.25) is 10.0 Å². The van der Waals surface area contributed by atoms with Crippen molar-refractivity contribution < 1.29 is 13.2 Å². The number of H-pyrrole nitrogens is 1. The number of aromatic nitrogens is 3. The molecular weight excluding hydrogens is 462 g/mol. The van der Waals surface area contributed by atoms with Crippen molar-refractivity contribution in [3.63, 3.8) is 0 Å². The van der Waals surface area contributed by atoms with Crippen LogP contribution in [-0.4, -0.2) is 47.0 Å². The minimum Gasteiger partial charge on any atom is -0.332 e. The van der Waals surface area contributed by atoms with Crippen molar-refractivity contribution in [3.05, 3.63) is 66.1 Å². The SMILES string of the molecule is O=C(c1cc(-c2ccn[nH]2)cc(S(=O)(=O)NC2CCCCC2)c1)N1CCCCC1c1cccnc1. The van der Waals surface area contributed by atoms with E-state index in [1.165, 1.54) is 6.07 Å². The molecule has 1 aromatic carbocycles. The van der Waals surface area contributed by atoms with Gasteiger partial charge in [0.25, 0.3) is 5.91 Å². The van der Waals surface area contributed by atoms with Gasteiger partial charge in [0.15, 0.2) is 0 Å². The molecule has 1 amide bonds. The van der Waals surface area contributed by atoms with Gasteiger partial charge in [-0.3, -0.25) is 14.9 Å². The Hall–Kier alpha value is -3.04. The van der Waals surface area contributed by atoms with Crippen LogP contribution in [0.15, 0.2) is 59.9 Å². The van der Waals surface area contributed by atoms with Crippen molar-refractivity contribution in [1.29, 1.82) is 0 Å². The summed E-state index contributed by atoms with van der Waals surface area (Å²) in [7, 11) is -3.79. The van der Waals surface area contributed by atoms with Crippen LogP contribution >= 0.6 is 0 Å². The number of carbonyl (C=O) groups excluding carboxylic acids is 1. The number of nitrogens with zero attached hydrogens (tertiary/aromatic N) is 3. The van der Waals surface area contributed by atoms with E-state index in [0.29, 0.717) is 23.4 Å². The van der Waals surface area contributed by atoms with Crippen LogP contribution in [0.25, 0.3) is 11.3 Å². The number of piperidine rings is 1. The first-order chi connectivity index (χ1) is 17.0. The number of pyridine rings is 1. The van der Waals surface area contributed by atoms with Crippen molar-refractivity contribution in [2.75, 3.05) is 6.54 Å². The number of aromatic amines is 1. The lowest BCUT2D eigenvalue weighted by Gasteiger charge is -2.36. The molecule has 2 fully saturated rings. The molecular formula is C26H31N5O3S. The summed E-state index contributed by atoms with van der Waals surface area (Å²) in [5.41, 5.74) is 2.64. The van der Waals surface area contributed by atoms with E-state index >= 15 is 0 Å². The number of amides is 1. The maximum absolute atomic E-state index is 13.8. The van der Waals surface area contributed by atoms with Crippen molar-refractivity contribution >= 4 is 15.9 Å². The lowest BCUT2D eigenvalue weighted by Crippen LogP contribution is -2.39. The summed E-state index contributed by atoms with van der Waals surface area (Å²) >= 11 is 0. The number of carbonyl (C=O) groups is 1. The molecule has 184 valence electrons. The minimum atomic E-state index is -3.79. The smallest absolute Gasteiger partial charge is 0.254 e. The fourth-order valence-electron chi connectivity index (χ4n) is 5.22. The zero-order valence-corrected chi connectivity index (χ0v) is 20.5. The quantitative estimate of drug-likeness (QED) is 0.527. The summed E-state index contributed by atoms with van der Waals surface area (Å²) in [5.74, 6) is -0.172. The van der Waals surface area contributed by atoms with Gasteiger partial charge >= 0.3 is 0 Å². The molecule has 3 heterocycles. The molecule has 0 bridgehead atoms. The second-order valence-corrected chi connectivity index (χ2v) is 11.2. The van der Waals surface area contributed by atoms with Crippen molar-refractivity contribution in [3.8, 4) is 11.3 Å². The molecule has 2 aliphatic rings. The van der Waals surface area contributed by atoms with Crippen LogP contribution in [0.5, 0.6) is 0 Å². The third kappa shape index (κ3) is 5.31. The molecule has 9 heteroatoms. The van der Waals surface area contributed by atoms with Gasteiger partial charge < -0.3 is 4.90 Å². The standard InChI is InChI=1S/C26H31N5O3S/c32-26(31-14-5-4-10-25(31)19-7-6-12-27-18-19)21-15-20(24-11-13-28-29-24)16-23(17-21)35(33,34)30-22-8-2-1-3-9-22/h6-7,11-13,15-18,22,25,30H,1-5,8-10,14H2,(H,28,29). The average molecular weight is 494 g/mol. The minimum absolute atomic E-state index is 0.0687. The summed E-state index contributed by atoms with van der Waals surface area (Å²) < 4.78 is 29.7. The van der Waals surface area contributed by atoms with Crippen molar-refractivity contribution in [1.82, 2.24) is 24.8 Å². The summed E-state index contributed by atoms with van der Waals surface area (Å²) in [6.45, 7) is 0.620. The number of rotatable bonds is 6. The number of hydrogen-bond acceptors (Lipinski definition) is 5. The van der Waals surface area contributed by atoms with Crippen LogP contribution in [-0.2, 0) is 10.0 Å². The number of benzene rings is 1. The Morgan fingerprint density at radius 3 is 2.57 bits per heavy atom. The van der Waals surface area contributed by atoms with Gasteiger partial charge in [-0.05, 0) is 68.0 Å². The van der Waals surface area contributed by atoms with E-state index < -0.39 is 10.0 Å². The zero-order chi connectivity index (χ0) is 24.3. The van der Waals surface area contributed by atoms with Gasteiger partial charge in [-0.15, -0.1) is 0 Å². The Bertz CT molecular complexity index is 1260. The van der Waals surface area contributed by atoms with Gasteiger partial charge in [0, 0.05) is 42.3 Å². The van der Waals surface area contributed by atoms with Gasteiger partial charge in [-0.25, -0.2) is 13.1 Å². The van der Waals surface area contributed by atoms with E-state index in [2.05, 4.69) is 19.9 Å². The summed E-state index contributed by atoms with van der Waals surface area (Å²) in [6, 6.07) is 10.4. The fourth-order valence-corrected chi connectivity index (χ4v) is 6.59.